The van der Waals surface area contributed by atoms with Gasteiger partial charge in [-0.2, -0.15) is 5.10 Å². The Morgan fingerprint density at radius 1 is 1.29 bits per heavy atom. The Labute approximate surface area is 144 Å². The fourth-order valence-electron chi connectivity index (χ4n) is 2.27. The first-order valence-electron chi connectivity index (χ1n) is 7.59. The van der Waals surface area contributed by atoms with Crippen LogP contribution in [0.15, 0.2) is 42.7 Å². The van der Waals surface area contributed by atoms with E-state index in [0.717, 1.165) is 18.7 Å². The van der Waals surface area contributed by atoms with Crippen molar-refractivity contribution in [1.82, 2.24) is 29.9 Å². The molecule has 1 amide bonds. The summed E-state index contributed by atoms with van der Waals surface area (Å²) in [5.74, 6) is 0.506. The molecule has 0 saturated heterocycles. The number of amides is 1. The minimum Gasteiger partial charge on any atom is -0.349 e. The van der Waals surface area contributed by atoms with Crippen molar-refractivity contribution in [3.8, 4) is 5.69 Å². The molecular formula is C16H17ClN6O. The third-order valence-electron chi connectivity index (χ3n) is 3.45. The summed E-state index contributed by atoms with van der Waals surface area (Å²) in [7, 11) is 0. The van der Waals surface area contributed by atoms with Crippen LogP contribution in [0.3, 0.4) is 0 Å². The number of aromatic nitrogens is 5. The van der Waals surface area contributed by atoms with E-state index in [2.05, 4.69) is 20.5 Å². The highest BCUT2D eigenvalue weighted by atomic mass is 35.5. The van der Waals surface area contributed by atoms with Gasteiger partial charge in [0, 0.05) is 30.5 Å². The lowest BCUT2D eigenvalue weighted by Crippen LogP contribution is -2.26. The monoisotopic (exact) mass is 344 g/mol. The molecule has 0 atom stereocenters. The largest absolute Gasteiger partial charge is 0.349 e. The van der Waals surface area contributed by atoms with E-state index in [0.29, 0.717) is 17.4 Å². The van der Waals surface area contributed by atoms with Crippen molar-refractivity contribution in [3.05, 3.63) is 59.4 Å². The summed E-state index contributed by atoms with van der Waals surface area (Å²) in [6.45, 7) is 3.09. The first-order chi connectivity index (χ1) is 11.6. The van der Waals surface area contributed by atoms with Gasteiger partial charge in [-0.25, -0.2) is 9.67 Å². The van der Waals surface area contributed by atoms with Crippen LogP contribution in [0.25, 0.3) is 5.69 Å². The molecule has 0 bridgehead atoms. The summed E-state index contributed by atoms with van der Waals surface area (Å²) in [5, 5.41) is 11.9. The molecule has 0 aliphatic carbocycles. The maximum absolute atomic E-state index is 12.2. The molecule has 0 fully saturated rings. The molecule has 0 aliphatic rings. The lowest BCUT2D eigenvalue weighted by molar-refractivity contribution is 0.0942. The van der Waals surface area contributed by atoms with Gasteiger partial charge in [0.25, 0.3) is 5.91 Å². The van der Waals surface area contributed by atoms with Crippen molar-refractivity contribution < 1.29 is 4.79 Å². The molecule has 3 aromatic rings. The van der Waals surface area contributed by atoms with E-state index in [-0.39, 0.29) is 11.7 Å². The number of rotatable bonds is 6. The number of carbonyl (C=O) groups is 1. The van der Waals surface area contributed by atoms with Crippen LogP contribution < -0.4 is 5.32 Å². The van der Waals surface area contributed by atoms with Crippen molar-refractivity contribution in [2.24, 2.45) is 0 Å². The zero-order valence-corrected chi connectivity index (χ0v) is 13.9. The second-order valence-electron chi connectivity index (χ2n) is 5.25. The topological polar surface area (TPSA) is 77.6 Å². The highest BCUT2D eigenvalue weighted by molar-refractivity contribution is 6.30. The Kier molecular flexibility index (Phi) is 4.90. The molecule has 0 radical (unpaired) electrons. The molecule has 124 valence electrons. The quantitative estimate of drug-likeness (QED) is 0.696. The number of hydrogen-bond donors (Lipinski definition) is 1. The van der Waals surface area contributed by atoms with Crippen LogP contribution in [-0.2, 0) is 6.54 Å². The Hall–Kier alpha value is -2.67. The minimum atomic E-state index is -0.286. The molecule has 3 rings (SSSR count). The molecular weight excluding hydrogens is 328 g/mol. The maximum Gasteiger partial charge on any atom is 0.290 e. The van der Waals surface area contributed by atoms with Gasteiger partial charge in [-0.3, -0.25) is 9.48 Å². The Morgan fingerprint density at radius 2 is 2.08 bits per heavy atom. The van der Waals surface area contributed by atoms with E-state index in [4.69, 9.17) is 11.6 Å². The lowest BCUT2D eigenvalue weighted by atomic mass is 10.3. The van der Waals surface area contributed by atoms with Crippen molar-refractivity contribution >= 4 is 17.5 Å². The molecule has 7 nitrogen and oxygen atoms in total. The Bertz CT molecular complexity index is 810. The van der Waals surface area contributed by atoms with Gasteiger partial charge in [-0.1, -0.05) is 11.6 Å². The van der Waals surface area contributed by atoms with Gasteiger partial charge in [-0.05, 0) is 43.7 Å². The summed E-state index contributed by atoms with van der Waals surface area (Å²) in [6, 6.07) is 9.07. The number of aryl methyl sites for hydroxylation is 2. The highest BCUT2D eigenvalue weighted by Crippen LogP contribution is 2.14. The van der Waals surface area contributed by atoms with Gasteiger partial charge in [0.2, 0.25) is 5.82 Å². The van der Waals surface area contributed by atoms with Gasteiger partial charge < -0.3 is 5.32 Å². The molecule has 1 N–H and O–H groups in total. The molecule has 2 heterocycles. The molecule has 2 aromatic heterocycles. The predicted molar refractivity (Wildman–Crippen MR) is 90.3 cm³/mol. The molecule has 0 aliphatic heterocycles. The zero-order valence-electron chi connectivity index (χ0n) is 13.2. The van der Waals surface area contributed by atoms with Crippen LogP contribution in [0, 0.1) is 6.92 Å². The second kappa shape index (κ2) is 7.27. The molecule has 8 heteroatoms. The fourth-order valence-corrected chi connectivity index (χ4v) is 2.39. The van der Waals surface area contributed by atoms with Crippen LogP contribution in [-0.4, -0.2) is 37.0 Å². The van der Waals surface area contributed by atoms with E-state index in [1.807, 2.05) is 29.1 Å². The number of nitrogens with one attached hydrogen (secondary N) is 1. The second-order valence-corrected chi connectivity index (χ2v) is 5.69. The summed E-state index contributed by atoms with van der Waals surface area (Å²) < 4.78 is 3.44. The molecule has 0 saturated carbocycles. The van der Waals surface area contributed by atoms with Gasteiger partial charge in [0.15, 0.2) is 0 Å². The fraction of sp³-hybridized carbons (Fsp3) is 0.250. The standard InChI is InChI=1S/C16H17ClN6O/c1-12-20-15(21-23(12)14-6-4-13(17)5-7-14)16(24)18-8-2-10-22-11-3-9-19-22/h3-7,9,11H,2,8,10H2,1H3,(H,18,24). The Balaban J connectivity index is 1.59. The van der Waals surface area contributed by atoms with E-state index in [1.165, 1.54) is 0 Å². The van der Waals surface area contributed by atoms with Gasteiger partial charge in [-0.15, -0.1) is 5.10 Å². The number of nitrogens with zero attached hydrogens (tertiary/aromatic N) is 5. The number of carbonyl (C=O) groups excluding carboxylic acids is 1. The van der Waals surface area contributed by atoms with Crippen LogP contribution in [0.4, 0.5) is 0 Å². The smallest absolute Gasteiger partial charge is 0.290 e. The van der Waals surface area contributed by atoms with Gasteiger partial charge in [0.05, 0.1) is 5.69 Å². The van der Waals surface area contributed by atoms with Gasteiger partial charge >= 0.3 is 0 Å². The van der Waals surface area contributed by atoms with Crippen molar-refractivity contribution in [2.75, 3.05) is 6.54 Å². The SMILES string of the molecule is Cc1nc(C(=O)NCCCn2cccn2)nn1-c1ccc(Cl)cc1. The highest BCUT2D eigenvalue weighted by Gasteiger charge is 2.14. The first-order valence-corrected chi connectivity index (χ1v) is 7.96. The summed E-state index contributed by atoms with van der Waals surface area (Å²) >= 11 is 5.89. The Morgan fingerprint density at radius 3 is 2.79 bits per heavy atom. The molecule has 0 unspecified atom stereocenters. The normalized spacial score (nSPS) is 10.8. The minimum absolute atomic E-state index is 0.154. The third kappa shape index (κ3) is 3.80. The third-order valence-corrected chi connectivity index (χ3v) is 3.70. The van der Waals surface area contributed by atoms with Crippen molar-refractivity contribution in [3.63, 3.8) is 0 Å². The van der Waals surface area contributed by atoms with Gasteiger partial charge in [0.1, 0.15) is 5.82 Å². The zero-order chi connectivity index (χ0) is 16.9. The van der Waals surface area contributed by atoms with Crippen LogP contribution in [0.2, 0.25) is 5.02 Å². The van der Waals surface area contributed by atoms with E-state index in [1.54, 1.807) is 29.9 Å². The predicted octanol–water partition coefficient (Wildman–Crippen LogP) is 2.25. The number of benzene rings is 1. The average molecular weight is 345 g/mol. The lowest BCUT2D eigenvalue weighted by Gasteiger charge is -2.03. The van der Waals surface area contributed by atoms with E-state index < -0.39 is 0 Å². The van der Waals surface area contributed by atoms with E-state index >= 15 is 0 Å². The van der Waals surface area contributed by atoms with Crippen LogP contribution in [0.1, 0.15) is 22.9 Å². The summed E-state index contributed by atoms with van der Waals surface area (Å²) in [6.07, 6.45) is 4.40. The van der Waals surface area contributed by atoms with Crippen LogP contribution >= 0.6 is 11.6 Å². The molecule has 0 spiro atoms. The van der Waals surface area contributed by atoms with Crippen molar-refractivity contribution in [1.29, 1.82) is 0 Å². The maximum atomic E-state index is 12.2. The first kappa shape index (κ1) is 16.2. The number of hydrogen-bond acceptors (Lipinski definition) is 4. The molecule has 24 heavy (non-hydrogen) atoms. The molecule has 1 aromatic carbocycles. The summed E-state index contributed by atoms with van der Waals surface area (Å²) in [4.78, 5) is 16.4. The average Bonchev–Trinajstić information content (AvgIpc) is 3.22. The number of halogens is 1. The van der Waals surface area contributed by atoms with Crippen LogP contribution in [0.5, 0.6) is 0 Å². The summed E-state index contributed by atoms with van der Waals surface area (Å²) in [5.41, 5.74) is 0.808. The van der Waals surface area contributed by atoms with E-state index in [9.17, 15) is 4.79 Å². The van der Waals surface area contributed by atoms with Crippen molar-refractivity contribution in [2.45, 2.75) is 19.9 Å².